The van der Waals surface area contributed by atoms with E-state index in [0.29, 0.717) is 12.4 Å². The summed E-state index contributed by atoms with van der Waals surface area (Å²) in [6, 6.07) is 0. The van der Waals surface area contributed by atoms with Crippen molar-refractivity contribution in [3.05, 3.63) is 5.82 Å². The minimum atomic E-state index is -0.00185. The number of aromatic nitrogens is 4. The zero-order valence-corrected chi connectivity index (χ0v) is 7.35. The van der Waals surface area contributed by atoms with Crippen molar-refractivity contribution in [3.8, 4) is 0 Å². The molecule has 0 bridgehead atoms. The molecule has 0 N–H and O–H groups in total. The molecule has 0 fully saturated rings. The predicted octanol–water partition coefficient (Wildman–Crippen LogP) is -0.812. The highest BCUT2D eigenvalue weighted by molar-refractivity contribution is 5.72. The second kappa shape index (κ2) is 3.29. The first kappa shape index (κ1) is 8.63. The molecule has 1 aromatic rings. The van der Waals surface area contributed by atoms with Gasteiger partial charge in [0, 0.05) is 21.0 Å². The third-order valence-electron chi connectivity index (χ3n) is 1.62. The van der Waals surface area contributed by atoms with E-state index in [9.17, 15) is 4.79 Å². The van der Waals surface area contributed by atoms with Crippen LogP contribution >= 0.6 is 0 Å². The van der Waals surface area contributed by atoms with Crippen LogP contribution in [0.25, 0.3) is 0 Å². The van der Waals surface area contributed by atoms with Crippen molar-refractivity contribution in [2.75, 3.05) is 7.05 Å². The standard InChI is InChI=1S/C6H11N5O/c1-5(12)10(2)4-6-7-8-9-11(6)3/h4H2,1-3H3. The number of hydrogen-bond donors (Lipinski definition) is 0. The highest BCUT2D eigenvalue weighted by Gasteiger charge is 2.07. The van der Waals surface area contributed by atoms with E-state index in [0.717, 1.165) is 0 Å². The zero-order chi connectivity index (χ0) is 9.14. The first-order valence-electron chi connectivity index (χ1n) is 3.54. The van der Waals surface area contributed by atoms with E-state index >= 15 is 0 Å². The lowest BCUT2D eigenvalue weighted by atomic mass is 10.5. The van der Waals surface area contributed by atoms with Gasteiger partial charge in [0.2, 0.25) is 5.91 Å². The van der Waals surface area contributed by atoms with Gasteiger partial charge in [-0.3, -0.25) is 4.79 Å². The summed E-state index contributed by atoms with van der Waals surface area (Å²) in [7, 11) is 3.44. The SMILES string of the molecule is CC(=O)N(C)Cc1nnnn1C. The van der Waals surface area contributed by atoms with Gasteiger partial charge in [-0.2, -0.15) is 0 Å². The number of aryl methyl sites for hydroxylation is 1. The van der Waals surface area contributed by atoms with E-state index in [-0.39, 0.29) is 5.91 Å². The van der Waals surface area contributed by atoms with Crippen LogP contribution in [-0.4, -0.2) is 38.1 Å². The summed E-state index contributed by atoms with van der Waals surface area (Å²) in [5.41, 5.74) is 0. The largest absolute Gasteiger partial charge is 0.338 e. The monoisotopic (exact) mass is 169 g/mol. The van der Waals surface area contributed by atoms with E-state index in [1.54, 1.807) is 23.7 Å². The van der Waals surface area contributed by atoms with Gasteiger partial charge in [0.15, 0.2) is 5.82 Å². The van der Waals surface area contributed by atoms with Crippen LogP contribution in [0.4, 0.5) is 0 Å². The van der Waals surface area contributed by atoms with Crippen LogP contribution in [0.2, 0.25) is 0 Å². The molecule has 0 saturated heterocycles. The molecule has 0 saturated carbocycles. The van der Waals surface area contributed by atoms with Crippen LogP contribution in [0, 0.1) is 0 Å². The number of hydrogen-bond acceptors (Lipinski definition) is 4. The fourth-order valence-electron chi connectivity index (χ4n) is 0.705. The maximum atomic E-state index is 10.8. The maximum Gasteiger partial charge on any atom is 0.219 e. The molecule has 66 valence electrons. The lowest BCUT2D eigenvalue weighted by molar-refractivity contribution is -0.128. The zero-order valence-electron chi connectivity index (χ0n) is 7.35. The molecule has 0 aromatic carbocycles. The number of rotatable bonds is 2. The van der Waals surface area contributed by atoms with E-state index in [1.165, 1.54) is 6.92 Å². The average molecular weight is 169 g/mol. The van der Waals surface area contributed by atoms with Crippen molar-refractivity contribution in [2.24, 2.45) is 7.05 Å². The summed E-state index contributed by atoms with van der Waals surface area (Å²) in [6.45, 7) is 1.95. The van der Waals surface area contributed by atoms with Gasteiger partial charge >= 0.3 is 0 Å². The van der Waals surface area contributed by atoms with Gasteiger partial charge in [-0.15, -0.1) is 5.10 Å². The molecule has 0 aliphatic carbocycles. The first-order valence-corrected chi connectivity index (χ1v) is 3.54. The van der Waals surface area contributed by atoms with Gasteiger partial charge in [-0.05, 0) is 10.4 Å². The van der Waals surface area contributed by atoms with Crippen LogP contribution < -0.4 is 0 Å². The summed E-state index contributed by atoms with van der Waals surface area (Å²) in [5.74, 6) is 0.672. The second-order valence-corrected chi connectivity index (χ2v) is 2.59. The fraction of sp³-hybridized carbons (Fsp3) is 0.667. The Hall–Kier alpha value is -1.46. The molecule has 6 nitrogen and oxygen atoms in total. The van der Waals surface area contributed by atoms with Crippen molar-refractivity contribution in [1.82, 2.24) is 25.1 Å². The Morgan fingerprint density at radius 1 is 1.67 bits per heavy atom. The minimum Gasteiger partial charge on any atom is -0.338 e. The molecule has 1 heterocycles. The van der Waals surface area contributed by atoms with Crippen LogP contribution in [0.3, 0.4) is 0 Å². The third-order valence-corrected chi connectivity index (χ3v) is 1.62. The topological polar surface area (TPSA) is 63.9 Å². The van der Waals surface area contributed by atoms with E-state index < -0.39 is 0 Å². The highest BCUT2D eigenvalue weighted by atomic mass is 16.2. The van der Waals surface area contributed by atoms with Crippen molar-refractivity contribution < 1.29 is 4.79 Å². The molecule has 0 atom stereocenters. The Kier molecular flexibility index (Phi) is 2.37. The van der Waals surface area contributed by atoms with Crippen LogP contribution in [-0.2, 0) is 18.4 Å². The quantitative estimate of drug-likeness (QED) is 0.580. The number of nitrogens with zero attached hydrogens (tertiary/aromatic N) is 5. The summed E-state index contributed by atoms with van der Waals surface area (Å²) < 4.78 is 1.54. The van der Waals surface area contributed by atoms with Crippen LogP contribution in [0.1, 0.15) is 12.7 Å². The second-order valence-electron chi connectivity index (χ2n) is 2.59. The van der Waals surface area contributed by atoms with Crippen molar-refractivity contribution in [3.63, 3.8) is 0 Å². The molecule has 0 radical (unpaired) electrons. The molecule has 0 spiro atoms. The molecule has 12 heavy (non-hydrogen) atoms. The van der Waals surface area contributed by atoms with Gasteiger partial charge in [-0.25, -0.2) is 4.68 Å². The summed E-state index contributed by atoms with van der Waals surface area (Å²) in [5, 5.41) is 10.9. The Morgan fingerprint density at radius 2 is 2.33 bits per heavy atom. The maximum absolute atomic E-state index is 10.8. The number of amides is 1. The molecule has 1 aromatic heterocycles. The van der Waals surface area contributed by atoms with Gasteiger partial charge in [0.05, 0.1) is 6.54 Å². The highest BCUT2D eigenvalue weighted by Crippen LogP contribution is 1.95. The molecule has 0 unspecified atom stereocenters. The van der Waals surface area contributed by atoms with Crippen LogP contribution in [0.5, 0.6) is 0 Å². The molecule has 6 heteroatoms. The van der Waals surface area contributed by atoms with Gasteiger partial charge in [-0.1, -0.05) is 0 Å². The van der Waals surface area contributed by atoms with E-state index in [4.69, 9.17) is 0 Å². The van der Waals surface area contributed by atoms with Crippen LogP contribution in [0.15, 0.2) is 0 Å². The Bertz CT molecular complexity index is 281. The fourth-order valence-corrected chi connectivity index (χ4v) is 0.705. The lowest BCUT2D eigenvalue weighted by Gasteiger charge is -2.12. The number of carbonyl (C=O) groups excluding carboxylic acids is 1. The minimum absolute atomic E-state index is 0.00185. The van der Waals surface area contributed by atoms with E-state index in [2.05, 4.69) is 15.5 Å². The Morgan fingerprint density at radius 3 is 2.75 bits per heavy atom. The number of tetrazole rings is 1. The van der Waals surface area contributed by atoms with Gasteiger partial charge in [0.1, 0.15) is 0 Å². The molecule has 1 rings (SSSR count). The molecular formula is C6H11N5O. The average Bonchev–Trinajstić information content (AvgIpc) is 2.36. The third kappa shape index (κ3) is 1.77. The first-order chi connectivity index (χ1) is 5.61. The van der Waals surface area contributed by atoms with Crippen molar-refractivity contribution >= 4 is 5.91 Å². The summed E-state index contributed by atoms with van der Waals surface area (Å²) in [6.07, 6.45) is 0. The van der Waals surface area contributed by atoms with Gasteiger partial charge < -0.3 is 4.90 Å². The summed E-state index contributed by atoms with van der Waals surface area (Å²) >= 11 is 0. The molecule has 0 aliphatic rings. The van der Waals surface area contributed by atoms with Crippen molar-refractivity contribution in [2.45, 2.75) is 13.5 Å². The Balaban J connectivity index is 2.64. The van der Waals surface area contributed by atoms with Gasteiger partial charge in [0.25, 0.3) is 0 Å². The molecule has 0 aliphatic heterocycles. The number of carbonyl (C=O) groups is 1. The normalized spacial score (nSPS) is 9.92. The van der Waals surface area contributed by atoms with Crippen molar-refractivity contribution in [1.29, 1.82) is 0 Å². The predicted molar refractivity (Wildman–Crippen MR) is 40.9 cm³/mol. The summed E-state index contributed by atoms with van der Waals surface area (Å²) in [4.78, 5) is 12.4. The smallest absolute Gasteiger partial charge is 0.219 e. The Labute approximate surface area is 70.2 Å². The van der Waals surface area contributed by atoms with E-state index in [1.807, 2.05) is 0 Å². The molecule has 1 amide bonds. The molecular weight excluding hydrogens is 158 g/mol. The lowest BCUT2D eigenvalue weighted by Crippen LogP contribution is -2.24.